The molecule has 7 nitrogen and oxygen atoms in total. The molecule has 0 radical (unpaired) electrons. The summed E-state index contributed by atoms with van der Waals surface area (Å²) >= 11 is 0. The first-order valence-corrected chi connectivity index (χ1v) is 9.52. The van der Waals surface area contributed by atoms with Gasteiger partial charge in [0.1, 0.15) is 5.82 Å². The fourth-order valence-corrected chi connectivity index (χ4v) is 3.29. The van der Waals surface area contributed by atoms with E-state index < -0.39 is 7.12 Å². The van der Waals surface area contributed by atoms with Gasteiger partial charge in [0.05, 0.1) is 11.7 Å². The van der Waals surface area contributed by atoms with Gasteiger partial charge >= 0.3 is 7.12 Å². The quantitative estimate of drug-likeness (QED) is 0.439. The van der Waals surface area contributed by atoms with E-state index in [4.69, 9.17) is 4.98 Å². The van der Waals surface area contributed by atoms with Gasteiger partial charge in [-0.3, -0.25) is 0 Å². The topological polar surface area (TPSA) is 96.1 Å². The number of aromatic nitrogens is 4. The number of benzene rings is 2. The third-order valence-electron chi connectivity index (χ3n) is 4.84. The third-order valence-corrected chi connectivity index (χ3v) is 4.84. The van der Waals surface area contributed by atoms with E-state index in [1.807, 2.05) is 30.5 Å². The summed E-state index contributed by atoms with van der Waals surface area (Å²) in [6.07, 6.45) is 3.42. The van der Waals surface area contributed by atoms with Gasteiger partial charge in [-0.15, -0.1) is 0 Å². The largest absolute Gasteiger partial charge is 0.489 e. The molecule has 0 spiro atoms. The number of nitrogens with one attached hydrogen (secondary N) is 1. The number of anilines is 1. The van der Waals surface area contributed by atoms with Gasteiger partial charge in [0.2, 0.25) is 0 Å². The zero-order chi connectivity index (χ0) is 20.4. The van der Waals surface area contributed by atoms with Crippen molar-refractivity contribution in [2.75, 3.05) is 5.32 Å². The molecule has 0 bridgehead atoms. The predicted octanol–water partition coefficient (Wildman–Crippen LogP) is 2.23. The van der Waals surface area contributed by atoms with Gasteiger partial charge in [-0.05, 0) is 23.0 Å². The van der Waals surface area contributed by atoms with Gasteiger partial charge in [-0.1, -0.05) is 56.3 Å². The van der Waals surface area contributed by atoms with Crippen molar-refractivity contribution in [3.8, 4) is 5.95 Å². The van der Waals surface area contributed by atoms with Crippen molar-refractivity contribution in [1.82, 2.24) is 19.7 Å². The fourth-order valence-electron chi connectivity index (χ4n) is 3.29. The van der Waals surface area contributed by atoms with E-state index in [0.717, 1.165) is 16.9 Å². The van der Waals surface area contributed by atoms with Crippen molar-refractivity contribution in [2.45, 2.75) is 26.3 Å². The second kappa shape index (κ2) is 8.02. The predicted molar refractivity (Wildman–Crippen MR) is 114 cm³/mol. The molecule has 0 atom stereocenters. The van der Waals surface area contributed by atoms with Crippen LogP contribution in [0.5, 0.6) is 0 Å². The van der Waals surface area contributed by atoms with Gasteiger partial charge in [-0.2, -0.15) is 14.8 Å². The van der Waals surface area contributed by atoms with Crippen LogP contribution in [0.2, 0.25) is 0 Å². The lowest BCUT2D eigenvalue weighted by Crippen LogP contribution is -2.30. The highest BCUT2D eigenvalue weighted by atomic mass is 16.4. The molecule has 2 aromatic carbocycles. The standard InChI is InChI=1S/C21H22BN5O2/c1-14(2)16-12-24-21(26-20(16)23-11-15-7-4-3-5-8-15)27-19-10-6-9-18(22(28)29)17(19)13-25-27/h3-10,12-14,28-29H,11H2,1-2H3,(H,23,24,26). The minimum atomic E-state index is -1.57. The van der Waals surface area contributed by atoms with Crippen molar-refractivity contribution in [1.29, 1.82) is 0 Å². The van der Waals surface area contributed by atoms with Gasteiger partial charge in [0, 0.05) is 23.7 Å². The van der Waals surface area contributed by atoms with Gasteiger partial charge in [-0.25, -0.2) is 4.98 Å². The molecule has 2 aromatic heterocycles. The molecule has 2 heterocycles. The number of hydrogen-bond acceptors (Lipinski definition) is 6. The maximum Gasteiger partial charge on any atom is 0.489 e. The molecule has 0 saturated carbocycles. The highest BCUT2D eigenvalue weighted by Crippen LogP contribution is 2.24. The van der Waals surface area contributed by atoms with Crippen molar-refractivity contribution in [3.63, 3.8) is 0 Å². The van der Waals surface area contributed by atoms with E-state index in [2.05, 4.69) is 41.4 Å². The molecule has 29 heavy (non-hydrogen) atoms. The first kappa shape index (κ1) is 19.1. The molecular formula is C21H22BN5O2. The first-order chi connectivity index (χ1) is 14.0. The van der Waals surface area contributed by atoms with Gasteiger partial charge in [0.25, 0.3) is 5.95 Å². The van der Waals surface area contributed by atoms with Crippen LogP contribution in [0, 0.1) is 0 Å². The SMILES string of the molecule is CC(C)c1cnc(-n2ncc3c(B(O)O)cccc32)nc1NCc1ccccc1. The molecule has 4 aromatic rings. The maximum atomic E-state index is 9.60. The Hall–Kier alpha value is -3.23. The van der Waals surface area contributed by atoms with Crippen molar-refractivity contribution >= 4 is 29.3 Å². The van der Waals surface area contributed by atoms with Crippen LogP contribution in [-0.2, 0) is 6.54 Å². The third kappa shape index (κ3) is 3.85. The second-order valence-corrected chi connectivity index (χ2v) is 7.18. The summed E-state index contributed by atoms with van der Waals surface area (Å²) in [6.45, 7) is 4.85. The Balaban J connectivity index is 1.73. The van der Waals surface area contributed by atoms with Crippen LogP contribution < -0.4 is 10.8 Å². The molecule has 0 amide bonds. The smallest absolute Gasteiger partial charge is 0.423 e. The number of nitrogens with zero attached hydrogens (tertiary/aromatic N) is 4. The summed E-state index contributed by atoms with van der Waals surface area (Å²) in [5.74, 6) is 1.44. The lowest BCUT2D eigenvalue weighted by Gasteiger charge is -2.15. The van der Waals surface area contributed by atoms with E-state index in [-0.39, 0.29) is 5.92 Å². The van der Waals surface area contributed by atoms with Gasteiger partial charge < -0.3 is 15.4 Å². The summed E-state index contributed by atoms with van der Waals surface area (Å²) in [7, 11) is -1.57. The number of rotatable bonds is 6. The van der Waals surface area contributed by atoms with Crippen LogP contribution in [0.15, 0.2) is 60.9 Å². The Morgan fingerprint density at radius 1 is 1.03 bits per heavy atom. The Morgan fingerprint density at radius 2 is 1.83 bits per heavy atom. The van der Waals surface area contributed by atoms with E-state index in [9.17, 15) is 10.0 Å². The Labute approximate surface area is 169 Å². The second-order valence-electron chi connectivity index (χ2n) is 7.18. The molecule has 0 aliphatic carbocycles. The van der Waals surface area contributed by atoms with Crippen LogP contribution in [-0.4, -0.2) is 36.9 Å². The van der Waals surface area contributed by atoms with E-state index in [1.165, 1.54) is 0 Å². The number of fused-ring (bicyclic) bond motifs is 1. The Morgan fingerprint density at radius 3 is 2.55 bits per heavy atom. The van der Waals surface area contributed by atoms with Gasteiger partial charge in [0.15, 0.2) is 0 Å². The monoisotopic (exact) mass is 387 g/mol. The van der Waals surface area contributed by atoms with E-state index in [1.54, 1.807) is 23.0 Å². The van der Waals surface area contributed by atoms with Crippen molar-refractivity contribution < 1.29 is 10.0 Å². The zero-order valence-electron chi connectivity index (χ0n) is 16.3. The fraction of sp³-hybridized carbons (Fsp3) is 0.190. The van der Waals surface area contributed by atoms with Crippen molar-refractivity contribution in [3.05, 3.63) is 72.1 Å². The minimum Gasteiger partial charge on any atom is -0.423 e. The minimum absolute atomic E-state index is 0.257. The first-order valence-electron chi connectivity index (χ1n) is 9.52. The Bertz CT molecular complexity index is 1130. The molecule has 0 saturated heterocycles. The number of hydrogen-bond donors (Lipinski definition) is 3. The molecule has 3 N–H and O–H groups in total. The van der Waals surface area contributed by atoms with Crippen LogP contribution in [0.3, 0.4) is 0 Å². The Kier molecular flexibility index (Phi) is 5.29. The molecule has 0 unspecified atom stereocenters. The lowest BCUT2D eigenvalue weighted by molar-refractivity contribution is 0.426. The molecule has 0 fully saturated rings. The maximum absolute atomic E-state index is 9.60. The van der Waals surface area contributed by atoms with Crippen LogP contribution in [0.25, 0.3) is 16.9 Å². The molecule has 8 heteroatoms. The highest BCUT2D eigenvalue weighted by molar-refractivity contribution is 6.61. The summed E-state index contributed by atoms with van der Waals surface area (Å²) in [5, 5.41) is 27.7. The molecule has 0 aliphatic heterocycles. The lowest BCUT2D eigenvalue weighted by atomic mass is 9.78. The zero-order valence-corrected chi connectivity index (χ0v) is 16.3. The normalized spacial score (nSPS) is 11.2. The molecular weight excluding hydrogens is 365 g/mol. The highest BCUT2D eigenvalue weighted by Gasteiger charge is 2.19. The average molecular weight is 387 g/mol. The molecule has 0 aliphatic rings. The summed E-state index contributed by atoms with van der Waals surface area (Å²) in [4.78, 5) is 9.24. The van der Waals surface area contributed by atoms with Crippen molar-refractivity contribution in [2.24, 2.45) is 0 Å². The van der Waals surface area contributed by atoms with E-state index in [0.29, 0.717) is 28.9 Å². The molecule has 146 valence electrons. The average Bonchev–Trinajstić information content (AvgIpc) is 3.16. The summed E-state index contributed by atoms with van der Waals surface area (Å²) in [5.41, 5.74) is 3.29. The van der Waals surface area contributed by atoms with Crippen LogP contribution >= 0.6 is 0 Å². The van der Waals surface area contributed by atoms with Crippen LogP contribution in [0.1, 0.15) is 30.9 Å². The molecule has 4 rings (SSSR count). The summed E-state index contributed by atoms with van der Waals surface area (Å²) < 4.78 is 1.61. The summed E-state index contributed by atoms with van der Waals surface area (Å²) in [6, 6.07) is 15.4. The van der Waals surface area contributed by atoms with Crippen LogP contribution in [0.4, 0.5) is 5.82 Å². The van der Waals surface area contributed by atoms with E-state index >= 15 is 0 Å².